The Kier molecular flexibility index (Phi) is 2.41. The molecule has 2 aromatic rings. The fourth-order valence-electron chi connectivity index (χ4n) is 1.17. The number of nitrogens with zero attached hydrogens (tertiary/aromatic N) is 1. The first-order valence-electron chi connectivity index (χ1n) is 3.69. The second-order valence-corrected chi connectivity index (χ2v) is 3.87. The maximum Gasteiger partial charge on any atom is 0.149 e. The quantitative estimate of drug-likeness (QED) is 0.711. The predicted octanol–water partition coefficient (Wildman–Crippen LogP) is 3.93. The molecule has 14 heavy (non-hydrogen) atoms. The van der Waals surface area contributed by atoms with Crippen LogP contribution in [-0.4, -0.2) is 4.98 Å². The summed E-state index contributed by atoms with van der Waals surface area (Å²) in [6.45, 7) is 0. The number of rotatable bonds is 0. The normalized spacial score (nSPS) is 10.9. The van der Waals surface area contributed by atoms with Crippen LogP contribution < -0.4 is 0 Å². The fourth-order valence-corrected chi connectivity index (χ4v) is 1.80. The third kappa shape index (κ3) is 1.38. The fraction of sp³-hybridized carbons (Fsp3) is 0. The van der Waals surface area contributed by atoms with Crippen LogP contribution in [0.1, 0.15) is 0 Å². The number of aromatic nitrogens is 1. The Bertz CT molecular complexity index is 516. The van der Waals surface area contributed by atoms with Crippen LogP contribution in [0.5, 0.6) is 0 Å². The summed E-state index contributed by atoms with van der Waals surface area (Å²) in [4.78, 5) is 3.72. The summed E-state index contributed by atoms with van der Waals surface area (Å²) in [7, 11) is 0. The van der Waals surface area contributed by atoms with Gasteiger partial charge in [-0.05, 0) is 28.1 Å². The van der Waals surface area contributed by atoms with Gasteiger partial charge < -0.3 is 0 Å². The molecule has 0 N–H and O–H groups in total. The van der Waals surface area contributed by atoms with Crippen LogP contribution >= 0.6 is 27.5 Å². The highest BCUT2D eigenvalue weighted by atomic mass is 79.9. The zero-order chi connectivity index (χ0) is 10.3. The minimum Gasteiger partial charge on any atom is -0.251 e. The van der Waals surface area contributed by atoms with Gasteiger partial charge in [-0.25, -0.2) is 8.78 Å². The number of halogens is 4. The number of pyridine rings is 1. The lowest BCUT2D eigenvalue weighted by Crippen LogP contribution is -1.89. The first-order valence-corrected chi connectivity index (χ1v) is 4.86. The van der Waals surface area contributed by atoms with Gasteiger partial charge in [-0.1, -0.05) is 11.6 Å². The number of fused-ring (bicyclic) bond motifs is 1. The van der Waals surface area contributed by atoms with E-state index in [2.05, 4.69) is 20.9 Å². The summed E-state index contributed by atoms with van der Waals surface area (Å²) in [5.74, 6) is -1.12. The Hall–Kier alpha value is -0.740. The number of hydrogen-bond donors (Lipinski definition) is 0. The first-order chi connectivity index (χ1) is 6.61. The maximum atomic E-state index is 13.3. The molecule has 72 valence electrons. The van der Waals surface area contributed by atoms with Gasteiger partial charge in [-0.3, -0.25) is 4.98 Å². The Balaban J connectivity index is 3.01. The van der Waals surface area contributed by atoms with Crippen LogP contribution in [0.15, 0.2) is 22.8 Å². The lowest BCUT2D eigenvalue weighted by molar-refractivity contribution is 0.615. The van der Waals surface area contributed by atoms with Crippen molar-refractivity contribution < 1.29 is 8.78 Å². The molecule has 0 aliphatic rings. The van der Waals surface area contributed by atoms with Gasteiger partial charge in [0.1, 0.15) is 17.2 Å². The van der Waals surface area contributed by atoms with Gasteiger partial charge in [0, 0.05) is 6.20 Å². The predicted molar refractivity (Wildman–Crippen MR) is 54.4 cm³/mol. The van der Waals surface area contributed by atoms with E-state index in [4.69, 9.17) is 11.6 Å². The van der Waals surface area contributed by atoms with Crippen molar-refractivity contribution in [3.8, 4) is 0 Å². The highest BCUT2D eigenvalue weighted by Gasteiger charge is 2.12. The van der Waals surface area contributed by atoms with Crippen LogP contribution in [0.25, 0.3) is 10.9 Å². The summed E-state index contributed by atoms with van der Waals surface area (Å²) in [6.07, 6.45) is 1.27. The topological polar surface area (TPSA) is 12.9 Å². The van der Waals surface area contributed by atoms with Gasteiger partial charge in [0.25, 0.3) is 0 Å². The molecule has 0 fully saturated rings. The second-order valence-electron chi connectivity index (χ2n) is 2.67. The molecule has 1 aromatic carbocycles. The average Bonchev–Trinajstić information content (AvgIpc) is 2.16. The standard InChI is InChI=1S/C9H3BrClF2N/c10-8-4(11)3-14-9-6(13)2-1-5(12)7(8)9/h1-3H. The molecule has 0 bridgehead atoms. The molecule has 0 aliphatic carbocycles. The van der Waals surface area contributed by atoms with E-state index in [1.807, 2.05) is 0 Å². The third-order valence-corrected chi connectivity index (χ3v) is 3.15. The van der Waals surface area contributed by atoms with Gasteiger partial charge in [-0.15, -0.1) is 0 Å². The van der Waals surface area contributed by atoms with E-state index in [9.17, 15) is 8.78 Å². The van der Waals surface area contributed by atoms with E-state index in [0.717, 1.165) is 12.1 Å². The molecular formula is C9H3BrClF2N. The molecule has 0 saturated carbocycles. The minimum atomic E-state index is -0.571. The summed E-state index contributed by atoms with van der Waals surface area (Å²) < 4.78 is 26.8. The summed E-state index contributed by atoms with van der Waals surface area (Å²) in [5, 5.41) is 0.319. The first kappa shape index (κ1) is 9.80. The molecule has 5 heteroatoms. The van der Waals surface area contributed by atoms with Crippen LogP contribution in [0.2, 0.25) is 5.02 Å². The highest BCUT2D eigenvalue weighted by Crippen LogP contribution is 2.32. The molecule has 1 nitrogen and oxygen atoms in total. The smallest absolute Gasteiger partial charge is 0.149 e. The Morgan fingerprint density at radius 3 is 2.57 bits per heavy atom. The zero-order valence-electron chi connectivity index (χ0n) is 6.69. The van der Waals surface area contributed by atoms with Gasteiger partial charge in [0.05, 0.1) is 14.9 Å². The van der Waals surface area contributed by atoms with E-state index >= 15 is 0 Å². The SMILES string of the molecule is Fc1ccc(F)c2c(Br)c(Cl)cnc12. The molecule has 2 rings (SSSR count). The summed E-state index contributed by atoms with van der Waals surface area (Å²) >= 11 is 8.80. The lowest BCUT2D eigenvalue weighted by Gasteiger charge is -2.03. The van der Waals surface area contributed by atoms with Crippen LogP contribution in [0, 0.1) is 11.6 Å². The van der Waals surface area contributed by atoms with E-state index in [1.165, 1.54) is 6.20 Å². The van der Waals surface area contributed by atoms with Crippen molar-refractivity contribution >= 4 is 38.4 Å². The molecule has 1 heterocycles. The van der Waals surface area contributed by atoms with Crippen LogP contribution in [0.3, 0.4) is 0 Å². The van der Waals surface area contributed by atoms with Gasteiger partial charge in [0.2, 0.25) is 0 Å². The van der Waals surface area contributed by atoms with Crippen molar-refractivity contribution in [3.05, 3.63) is 39.5 Å². The second kappa shape index (κ2) is 3.44. The van der Waals surface area contributed by atoms with E-state index in [-0.39, 0.29) is 15.9 Å². The number of benzene rings is 1. The monoisotopic (exact) mass is 277 g/mol. The number of hydrogen-bond acceptors (Lipinski definition) is 1. The van der Waals surface area contributed by atoms with Crippen molar-refractivity contribution in [1.82, 2.24) is 4.98 Å². The Morgan fingerprint density at radius 1 is 1.21 bits per heavy atom. The summed E-state index contributed by atoms with van der Waals surface area (Å²) in [6, 6.07) is 2.07. The van der Waals surface area contributed by atoms with Crippen LogP contribution in [-0.2, 0) is 0 Å². The van der Waals surface area contributed by atoms with E-state index in [1.54, 1.807) is 0 Å². The molecule has 0 unspecified atom stereocenters. The largest absolute Gasteiger partial charge is 0.251 e. The Morgan fingerprint density at radius 2 is 1.86 bits per heavy atom. The van der Waals surface area contributed by atoms with Crippen molar-refractivity contribution in [3.63, 3.8) is 0 Å². The third-order valence-electron chi connectivity index (χ3n) is 1.81. The van der Waals surface area contributed by atoms with Crippen LogP contribution in [0.4, 0.5) is 8.78 Å². The van der Waals surface area contributed by atoms with Crippen molar-refractivity contribution in [1.29, 1.82) is 0 Å². The van der Waals surface area contributed by atoms with E-state index < -0.39 is 11.6 Å². The maximum absolute atomic E-state index is 13.3. The average molecular weight is 278 g/mol. The molecular weight excluding hydrogens is 275 g/mol. The summed E-state index contributed by atoms with van der Waals surface area (Å²) in [5.41, 5.74) is -0.0266. The molecule has 1 aromatic heterocycles. The lowest BCUT2D eigenvalue weighted by atomic mass is 10.2. The molecule has 0 radical (unpaired) electrons. The van der Waals surface area contributed by atoms with E-state index in [0.29, 0.717) is 4.47 Å². The minimum absolute atomic E-state index is 0.0266. The van der Waals surface area contributed by atoms with Gasteiger partial charge in [-0.2, -0.15) is 0 Å². The zero-order valence-corrected chi connectivity index (χ0v) is 9.03. The van der Waals surface area contributed by atoms with Crippen molar-refractivity contribution in [2.45, 2.75) is 0 Å². The van der Waals surface area contributed by atoms with Gasteiger partial charge in [0.15, 0.2) is 0 Å². The highest BCUT2D eigenvalue weighted by molar-refractivity contribution is 9.10. The molecule has 0 atom stereocenters. The molecule has 0 amide bonds. The molecule has 0 saturated heterocycles. The van der Waals surface area contributed by atoms with Gasteiger partial charge >= 0.3 is 0 Å². The molecule has 0 spiro atoms. The Labute approximate surface area is 91.8 Å². The van der Waals surface area contributed by atoms with Crippen molar-refractivity contribution in [2.75, 3.05) is 0 Å². The molecule has 0 aliphatic heterocycles. The van der Waals surface area contributed by atoms with Crippen molar-refractivity contribution in [2.24, 2.45) is 0 Å².